The summed E-state index contributed by atoms with van der Waals surface area (Å²) in [7, 11) is 0. The molecule has 1 aromatic carbocycles. The van der Waals surface area contributed by atoms with Crippen molar-refractivity contribution in [3.8, 4) is 0 Å². The first-order valence-corrected chi connectivity index (χ1v) is 8.05. The number of carbonyl (C=O) groups is 2. The summed E-state index contributed by atoms with van der Waals surface area (Å²) in [4.78, 5) is 24.3. The number of carbonyl (C=O) groups excluding carboxylic acids is 2. The molecule has 1 aliphatic rings. The third-order valence-corrected chi connectivity index (χ3v) is 4.12. The molecule has 0 saturated heterocycles. The van der Waals surface area contributed by atoms with E-state index in [1.54, 1.807) is 0 Å². The van der Waals surface area contributed by atoms with Gasteiger partial charge >= 0.3 is 0 Å². The summed E-state index contributed by atoms with van der Waals surface area (Å²) < 4.78 is 0. The average Bonchev–Trinajstić information content (AvgIpc) is 2.39. The molecule has 1 aliphatic carbocycles. The van der Waals surface area contributed by atoms with E-state index in [1.165, 1.54) is 23.8 Å². The van der Waals surface area contributed by atoms with Gasteiger partial charge in [0.05, 0.1) is 0 Å². The van der Waals surface area contributed by atoms with Crippen LogP contribution in [0.2, 0.25) is 0 Å². The van der Waals surface area contributed by atoms with Crippen molar-refractivity contribution in [1.29, 1.82) is 0 Å². The summed E-state index contributed by atoms with van der Waals surface area (Å²) in [6.45, 7) is 14.9. The van der Waals surface area contributed by atoms with Crippen molar-refractivity contribution in [1.82, 2.24) is 0 Å². The standard InChI is InChI=1S/C21H26O2/c1-13-10-16(20(2,3)4)19(17(11-13)21(5,6)7)15-12-14(22)8-9-18(15)23/h8-12H,1-7H3. The minimum Gasteiger partial charge on any atom is -0.290 e. The monoisotopic (exact) mass is 310 g/mol. The molecule has 2 nitrogen and oxygen atoms in total. The number of aryl methyl sites for hydroxylation is 1. The number of rotatable bonds is 1. The Morgan fingerprint density at radius 3 is 1.70 bits per heavy atom. The molecular formula is C21H26O2. The van der Waals surface area contributed by atoms with Gasteiger partial charge in [0.25, 0.3) is 0 Å². The SMILES string of the molecule is Cc1cc(C(C)(C)C)c(C2=CC(=O)C=CC2=O)c(C(C)(C)C)c1. The highest BCUT2D eigenvalue weighted by atomic mass is 16.1. The third-order valence-electron chi connectivity index (χ3n) is 4.12. The molecule has 0 saturated carbocycles. The van der Waals surface area contributed by atoms with Crippen LogP contribution < -0.4 is 0 Å². The van der Waals surface area contributed by atoms with Gasteiger partial charge in [0.2, 0.25) is 0 Å². The van der Waals surface area contributed by atoms with Gasteiger partial charge in [-0.15, -0.1) is 0 Å². The summed E-state index contributed by atoms with van der Waals surface area (Å²) >= 11 is 0. The van der Waals surface area contributed by atoms with E-state index in [1.807, 2.05) is 0 Å². The molecule has 0 fully saturated rings. The van der Waals surface area contributed by atoms with Crippen LogP contribution in [0.5, 0.6) is 0 Å². The summed E-state index contributed by atoms with van der Waals surface area (Å²) in [6, 6.07) is 4.28. The summed E-state index contributed by atoms with van der Waals surface area (Å²) in [5.74, 6) is -0.218. The van der Waals surface area contributed by atoms with Crippen molar-refractivity contribution in [2.45, 2.75) is 59.3 Å². The molecule has 0 bridgehead atoms. The fourth-order valence-electron chi connectivity index (χ4n) is 2.96. The number of allylic oxidation sites excluding steroid dienone is 4. The third kappa shape index (κ3) is 3.52. The second kappa shape index (κ2) is 5.59. The maximum absolute atomic E-state index is 12.5. The molecule has 0 atom stereocenters. The first-order chi connectivity index (χ1) is 10.4. The second-order valence-corrected chi connectivity index (χ2v) is 8.39. The maximum atomic E-state index is 12.5. The molecule has 0 unspecified atom stereocenters. The fraction of sp³-hybridized carbons (Fsp3) is 0.429. The average molecular weight is 310 g/mol. The van der Waals surface area contributed by atoms with Crippen molar-refractivity contribution >= 4 is 17.1 Å². The molecule has 23 heavy (non-hydrogen) atoms. The lowest BCUT2D eigenvalue weighted by molar-refractivity contribution is -0.113. The zero-order valence-corrected chi connectivity index (χ0v) is 15.2. The smallest absolute Gasteiger partial charge is 0.186 e. The summed E-state index contributed by atoms with van der Waals surface area (Å²) in [6.07, 6.45) is 4.21. The molecule has 0 aromatic heterocycles. The first kappa shape index (κ1) is 17.4. The largest absolute Gasteiger partial charge is 0.290 e. The Labute approximate surface area is 139 Å². The Morgan fingerprint density at radius 2 is 1.26 bits per heavy atom. The predicted molar refractivity (Wildman–Crippen MR) is 95.7 cm³/mol. The van der Waals surface area contributed by atoms with Gasteiger partial charge in [0, 0.05) is 5.57 Å². The normalized spacial score (nSPS) is 15.9. The molecule has 2 heteroatoms. The van der Waals surface area contributed by atoms with Crippen molar-refractivity contribution in [2.75, 3.05) is 0 Å². The Balaban J connectivity index is 2.89. The Bertz CT molecular complexity index is 697. The van der Waals surface area contributed by atoms with Crippen LogP contribution in [0.1, 0.15) is 63.8 Å². The van der Waals surface area contributed by atoms with Gasteiger partial charge in [-0.3, -0.25) is 9.59 Å². The number of ketones is 2. The number of benzene rings is 1. The van der Waals surface area contributed by atoms with Crippen LogP contribution in [0.15, 0.2) is 30.4 Å². The van der Waals surface area contributed by atoms with Crippen LogP contribution in [0.3, 0.4) is 0 Å². The lowest BCUT2D eigenvalue weighted by Crippen LogP contribution is -2.23. The molecule has 122 valence electrons. The number of hydrogen-bond acceptors (Lipinski definition) is 2. The first-order valence-electron chi connectivity index (χ1n) is 8.05. The van der Waals surface area contributed by atoms with Gasteiger partial charge in [0.1, 0.15) is 0 Å². The predicted octanol–water partition coefficient (Wildman–Crippen LogP) is 4.68. The highest BCUT2D eigenvalue weighted by molar-refractivity contribution is 6.34. The van der Waals surface area contributed by atoms with Gasteiger partial charge in [-0.25, -0.2) is 0 Å². The quantitative estimate of drug-likeness (QED) is 0.706. The molecule has 0 aliphatic heterocycles. The Morgan fingerprint density at radius 1 is 0.783 bits per heavy atom. The van der Waals surface area contributed by atoms with E-state index in [0.717, 1.165) is 16.7 Å². The zero-order valence-electron chi connectivity index (χ0n) is 15.2. The maximum Gasteiger partial charge on any atom is 0.186 e. The van der Waals surface area contributed by atoms with E-state index in [-0.39, 0.29) is 22.4 Å². The van der Waals surface area contributed by atoms with E-state index >= 15 is 0 Å². The Kier molecular flexibility index (Phi) is 4.23. The van der Waals surface area contributed by atoms with Gasteiger partial charge in [0.15, 0.2) is 11.6 Å². The molecule has 0 amide bonds. The van der Waals surface area contributed by atoms with Gasteiger partial charge in [-0.05, 0) is 52.7 Å². The molecule has 0 radical (unpaired) electrons. The van der Waals surface area contributed by atoms with E-state index in [9.17, 15) is 9.59 Å². The summed E-state index contributed by atoms with van der Waals surface area (Å²) in [5.41, 5.74) is 4.62. The molecule has 1 aromatic rings. The molecule has 0 N–H and O–H groups in total. The van der Waals surface area contributed by atoms with E-state index in [2.05, 4.69) is 60.6 Å². The van der Waals surface area contributed by atoms with Crippen LogP contribution in [0.4, 0.5) is 0 Å². The fourth-order valence-corrected chi connectivity index (χ4v) is 2.96. The van der Waals surface area contributed by atoms with Gasteiger partial charge in [-0.2, -0.15) is 0 Å². The molecular weight excluding hydrogens is 284 g/mol. The van der Waals surface area contributed by atoms with Gasteiger partial charge in [-0.1, -0.05) is 59.2 Å². The number of hydrogen-bond donors (Lipinski definition) is 0. The van der Waals surface area contributed by atoms with E-state index in [0.29, 0.717) is 5.57 Å². The van der Waals surface area contributed by atoms with Crippen molar-refractivity contribution in [2.24, 2.45) is 0 Å². The van der Waals surface area contributed by atoms with E-state index in [4.69, 9.17) is 0 Å². The minimum atomic E-state index is -0.125. The van der Waals surface area contributed by atoms with Gasteiger partial charge < -0.3 is 0 Å². The van der Waals surface area contributed by atoms with Crippen LogP contribution >= 0.6 is 0 Å². The van der Waals surface area contributed by atoms with E-state index < -0.39 is 0 Å². The highest BCUT2D eigenvalue weighted by Crippen LogP contribution is 2.39. The lowest BCUT2D eigenvalue weighted by atomic mass is 9.72. The zero-order chi connectivity index (χ0) is 17.6. The van der Waals surface area contributed by atoms with Crippen LogP contribution in [-0.4, -0.2) is 11.6 Å². The summed E-state index contributed by atoms with van der Waals surface area (Å²) in [5, 5.41) is 0. The topological polar surface area (TPSA) is 34.1 Å². The van der Waals surface area contributed by atoms with Crippen molar-refractivity contribution < 1.29 is 9.59 Å². The van der Waals surface area contributed by atoms with Crippen molar-refractivity contribution in [3.63, 3.8) is 0 Å². The van der Waals surface area contributed by atoms with Crippen molar-refractivity contribution in [3.05, 3.63) is 52.6 Å². The minimum absolute atomic E-state index is 0.0931. The van der Waals surface area contributed by atoms with Crippen LogP contribution in [0, 0.1) is 6.92 Å². The molecule has 2 rings (SSSR count). The highest BCUT2D eigenvalue weighted by Gasteiger charge is 2.30. The molecule has 0 spiro atoms. The van der Waals surface area contributed by atoms with Crippen LogP contribution in [0.25, 0.3) is 5.57 Å². The molecule has 0 heterocycles. The second-order valence-electron chi connectivity index (χ2n) is 8.39. The Hall–Kier alpha value is -1.96. The lowest BCUT2D eigenvalue weighted by Gasteiger charge is -2.31. The van der Waals surface area contributed by atoms with Crippen LogP contribution in [-0.2, 0) is 20.4 Å².